The van der Waals surface area contributed by atoms with Gasteiger partial charge in [-0.1, -0.05) is 19.4 Å². The minimum Gasteiger partial charge on any atom is -0.391 e. The zero-order valence-corrected chi connectivity index (χ0v) is 8.58. The first-order chi connectivity index (χ1) is 7.06. The molecular formula is C11H15F2NO. The Bertz CT molecular complexity index is 330. The van der Waals surface area contributed by atoms with Crippen molar-refractivity contribution in [3.63, 3.8) is 0 Å². The van der Waals surface area contributed by atoms with E-state index >= 15 is 0 Å². The highest BCUT2D eigenvalue weighted by Crippen LogP contribution is 2.21. The molecule has 0 aliphatic rings. The molecule has 0 radical (unpaired) electrons. The van der Waals surface area contributed by atoms with Gasteiger partial charge < -0.3 is 10.8 Å². The average Bonchev–Trinajstić information content (AvgIpc) is 2.17. The van der Waals surface area contributed by atoms with Crippen molar-refractivity contribution in [2.24, 2.45) is 5.73 Å². The van der Waals surface area contributed by atoms with Crippen molar-refractivity contribution in [3.8, 4) is 0 Å². The van der Waals surface area contributed by atoms with Crippen LogP contribution in [0.3, 0.4) is 0 Å². The molecule has 0 aliphatic carbocycles. The number of hydrogen-bond donors (Lipinski definition) is 2. The molecule has 0 fully saturated rings. The molecule has 0 amide bonds. The van der Waals surface area contributed by atoms with Crippen molar-refractivity contribution in [2.75, 3.05) is 0 Å². The van der Waals surface area contributed by atoms with Gasteiger partial charge in [0, 0.05) is 11.6 Å². The summed E-state index contributed by atoms with van der Waals surface area (Å²) in [7, 11) is 0. The van der Waals surface area contributed by atoms with Gasteiger partial charge in [-0.2, -0.15) is 0 Å². The molecule has 84 valence electrons. The first-order valence-electron chi connectivity index (χ1n) is 4.94. The highest BCUT2D eigenvalue weighted by Gasteiger charge is 2.19. The van der Waals surface area contributed by atoms with Gasteiger partial charge in [0.2, 0.25) is 0 Å². The number of halogens is 2. The standard InChI is InChI=1S/C11H15F2NO/c1-2-3-10(15)11(14)8-5-4-7(12)6-9(8)13/h4-6,10-11,15H,2-3,14H2,1H3/t10-,11+/m1/s1. The third-order valence-corrected chi connectivity index (χ3v) is 2.32. The highest BCUT2D eigenvalue weighted by molar-refractivity contribution is 5.22. The molecule has 0 saturated heterocycles. The van der Waals surface area contributed by atoms with Gasteiger partial charge in [0.05, 0.1) is 12.1 Å². The molecule has 0 heterocycles. The molecular weight excluding hydrogens is 200 g/mol. The quantitative estimate of drug-likeness (QED) is 0.808. The monoisotopic (exact) mass is 215 g/mol. The molecule has 0 bridgehead atoms. The van der Waals surface area contributed by atoms with Crippen molar-refractivity contribution in [2.45, 2.75) is 31.9 Å². The summed E-state index contributed by atoms with van der Waals surface area (Å²) < 4.78 is 25.9. The predicted molar refractivity (Wildman–Crippen MR) is 54.2 cm³/mol. The van der Waals surface area contributed by atoms with Crippen molar-refractivity contribution < 1.29 is 13.9 Å². The van der Waals surface area contributed by atoms with E-state index in [4.69, 9.17) is 5.73 Å². The van der Waals surface area contributed by atoms with Gasteiger partial charge in [0.25, 0.3) is 0 Å². The van der Waals surface area contributed by atoms with Gasteiger partial charge >= 0.3 is 0 Å². The van der Waals surface area contributed by atoms with Crippen molar-refractivity contribution >= 4 is 0 Å². The first kappa shape index (κ1) is 12.1. The summed E-state index contributed by atoms with van der Waals surface area (Å²) >= 11 is 0. The SMILES string of the molecule is CCC[C@@H](O)[C@@H](N)c1ccc(F)cc1F. The van der Waals surface area contributed by atoms with E-state index in [1.165, 1.54) is 6.07 Å². The Hall–Kier alpha value is -1.00. The van der Waals surface area contributed by atoms with Crippen LogP contribution in [0.25, 0.3) is 0 Å². The molecule has 3 N–H and O–H groups in total. The Morgan fingerprint density at radius 2 is 2.07 bits per heavy atom. The molecule has 0 aromatic heterocycles. The predicted octanol–water partition coefficient (Wildman–Crippen LogP) is 2.13. The van der Waals surface area contributed by atoms with E-state index < -0.39 is 23.8 Å². The van der Waals surface area contributed by atoms with E-state index in [0.717, 1.165) is 18.6 Å². The lowest BCUT2D eigenvalue weighted by atomic mass is 9.99. The van der Waals surface area contributed by atoms with Crippen LogP contribution in [0.5, 0.6) is 0 Å². The van der Waals surface area contributed by atoms with Crippen LogP contribution < -0.4 is 5.73 Å². The summed E-state index contributed by atoms with van der Waals surface area (Å²) in [6.07, 6.45) is 0.463. The molecule has 2 atom stereocenters. The highest BCUT2D eigenvalue weighted by atomic mass is 19.1. The van der Waals surface area contributed by atoms with E-state index in [-0.39, 0.29) is 5.56 Å². The van der Waals surface area contributed by atoms with Gasteiger partial charge in [-0.05, 0) is 12.5 Å². The lowest BCUT2D eigenvalue weighted by Gasteiger charge is -2.19. The van der Waals surface area contributed by atoms with Gasteiger partial charge in [0.15, 0.2) is 0 Å². The maximum absolute atomic E-state index is 13.3. The van der Waals surface area contributed by atoms with Crippen LogP contribution in [-0.2, 0) is 0 Å². The van der Waals surface area contributed by atoms with Gasteiger partial charge in [-0.25, -0.2) is 8.78 Å². The second-order valence-corrected chi connectivity index (χ2v) is 3.55. The molecule has 1 aromatic rings. The fourth-order valence-electron chi connectivity index (χ4n) is 1.45. The van der Waals surface area contributed by atoms with E-state index in [1.807, 2.05) is 6.92 Å². The minimum atomic E-state index is -0.800. The van der Waals surface area contributed by atoms with Crippen LogP contribution in [0.4, 0.5) is 8.78 Å². The van der Waals surface area contributed by atoms with Gasteiger partial charge in [0.1, 0.15) is 11.6 Å². The number of aliphatic hydroxyl groups excluding tert-OH is 1. The maximum Gasteiger partial charge on any atom is 0.130 e. The number of rotatable bonds is 4. The van der Waals surface area contributed by atoms with Gasteiger partial charge in [-0.3, -0.25) is 0 Å². The summed E-state index contributed by atoms with van der Waals surface area (Å²) in [5.74, 6) is -1.36. The fourth-order valence-corrected chi connectivity index (χ4v) is 1.45. The minimum absolute atomic E-state index is 0.150. The van der Waals surface area contributed by atoms with E-state index in [9.17, 15) is 13.9 Å². The zero-order chi connectivity index (χ0) is 11.4. The molecule has 15 heavy (non-hydrogen) atoms. The van der Waals surface area contributed by atoms with Crippen LogP contribution in [0.15, 0.2) is 18.2 Å². The second-order valence-electron chi connectivity index (χ2n) is 3.55. The van der Waals surface area contributed by atoms with Crippen molar-refractivity contribution in [3.05, 3.63) is 35.4 Å². The Kier molecular flexibility index (Phi) is 4.17. The topological polar surface area (TPSA) is 46.2 Å². The molecule has 0 aliphatic heterocycles. The smallest absolute Gasteiger partial charge is 0.130 e. The van der Waals surface area contributed by atoms with Crippen LogP contribution in [0.2, 0.25) is 0 Å². The molecule has 2 nitrogen and oxygen atoms in total. The average molecular weight is 215 g/mol. The first-order valence-corrected chi connectivity index (χ1v) is 4.94. The van der Waals surface area contributed by atoms with Gasteiger partial charge in [-0.15, -0.1) is 0 Å². The van der Waals surface area contributed by atoms with Crippen LogP contribution in [-0.4, -0.2) is 11.2 Å². The fraction of sp³-hybridized carbons (Fsp3) is 0.455. The molecule has 0 saturated carbocycles. The number of aliphatic hydroxyl groups is 1. The molecule has 1 rings (SSSR count). The summed E-state index contributed by atoms with van der Waals surface area (Å²) in [5.41, 5.74) is 5.81. The lowest BCUT2D eigenvalue weighted by molar-refractivity contribution is 0.132. The summed E-state index contributed by atoms with van der Waals surface area (Å²) in [5, 5.41) is 9.58. The number of benzene rings is 1. The Balaban J connectivity index is 2.86. The van der Waals surface area contributed by atoms with E-state index in [1.54, 1.807) is 0 Å². The molecule has 0 spiro atoms. The van der Waals surface area contributed by atoms with Crippen molar-refractivity contribution in [1.29, 1.82) is 0 Å². The molecule has 0 unspecified atom stereocenters. The van der Waals surface area contributed by atoms with E-state index in [2.05, 4.69) is 0 Å². The molecule has 1 aromatic carbocycles. The lowest BCUT2D eigenvalue weighted by Crippen LogP contribution is -2.26. The number of nitrogens with two attached hydrogens (primary N) is 1. The normalized spacial score (nSPS) is 15.0. The summed E-state index contributed by atoms with van der Waals surface area (Å²) in [4.78, 5) is 0. The van der Waals surface area contributed by atoms with Crippen LogP contribution >= 0.6 is 0 Å². The third-order valence-electron chi connectivity index (χ3n) is 2.32. The Labute approximate surface area is 87.7 Å². The Morgan fingerprint density at radius 1 is 1.40 bits per heavy atom. The maximum atomic E-state index is 13.3. The summed E-state index contributed by atoms with van der Waals surface area (Å²) in [6, 6.07) is 2.38. The zero-order valence-electron chi connectivity index (χ0n) is 8.58. The van der Waals surface area contributed by atoms with Crippen LogP contribution in [0.1, 0.15) is 31.4 Å². The summed E-state index contributed by atoms with van der Waals surface area (Å²) in [6.45, 7) is 1.90. The third kappa shape index (κ3) is 2.97. The van der Waals surface area contributed by atoms with Crippen LogP contribution in [0, 0.1) is 11.6 Å². The number of hydrogen-bond acceptors (Lipinski definition) is 2. The molecule has 4 heteroatoms. The second kappa shape index (κ2) is 5.19. The van der Waals surface area contributed by atoms with Crippen molar-refractivity contribution in [1.82, 2.24) is 0 Å². The van der Waals surface area contributed by atoms with E-state index in [0.29, 0.717) is 6.42 Å². The Morgan fingerprint density at radius 3 is 2.60 bits per heavy atom. The largest absolute Gasteiger partial charge is 0.391 e.